The molecule has 0 aliphatic carbocycles. The number of hydrogen-bond acceptors (Lipinski definition) is 5. The lowest BCUT2D eigenvalue weighted by molar-refractivity contribution is -0.139. The first-order valence-corrected chi connectivity index (χ1v) is 14.0. The van der Waals surface area contributed by atoms with Crippen LogP contribution in [0.15, 0.2) is 46.9 Å². The summed E-state index contributed by atoms with van der Waals surface area (Å²) >= 11 is 9.58. The van der Waals surface area contributed by atoms with Crippen molar-refractivity contribution < 1.29 is 22.7 Å². The van der Waals surface area contributed by atoms with Crippen LogP contribution < -0.4 is 14.4 Å². The highest BCUT2D eigenvalue weighted by molar-refractivity contribution is 9.10. The number of ether oxygens (including phenoxy) is 1. The van der Waals surface area contributed by atoms with Crippen LogP contribution in [-0.2, 0) is 26.2 Å². The smallest absolute Gasteiger partial charge is 0.244 e. The van der Waals surface area contributed by atoms with Crippen LogP contribution in [0.2, 0.25) is 5.02 Å². The summed E-state index contributed by atoms with van der Waals surface area (Å²) in [4.78, 5) is 27.8. The largest absolute Gasteiger partial charge is 0.495 e. The first kappa shape index (κ1) is 28.9. The van der Waals surface area contributed by atoms with Crippen LogP contribution >= 0.6 is 27.5 Å². The Morgan fingerprint density at radius 1 is 1.14 bits per heavy atom. The fraction of sp³-hybridized carbons (Fsp3) is 0.417. The molecule has 0 radical (unpaired) electrons. The zero-order chi connectivity index (χ0) is 26.3. The molecule has 192 valence electrons. The number of rotatable bonds is 11. The summed E-state index contributed by atoms with van der Waals surface area (Å²) in [5.41, 5.74) is 1.01. The highest BCUT2D eigenvalue weighted by Gasteiger charge is 2.30. The summed E-state index contributed by atoms with van der Waals surface area (Å²) in [6.07, 6.45) is 1.75. The van der Waals surface area contributed by atoms with Crippen LogP contribution in [0.1, 0.15) is 32.8 Å². The minimum Gasteiger partial charge on any atom is -0.495 e. The van der Waals surface area contributed by atoms with Crippen LogP contribution in [-0.4, -0.2) is 57.1 Å². The van der Waals surface area contributed by atoms with Crippen molar-refractivity contribution in [3.63, 3.8) is 0 Å². The molecule has 0 spiro atoms. The standard InChI is InChI=1S/C24H31BrClN3O5S/c1-6-16(2)27-24(31)17(3)28(14-18-7-9-19(25)10-8-18)23(30)15-29(35(5,32)33)20-11-12-22(34-4)21(26)13-20/h7-13,16-17H,6,14-15H2,1-5H3,(H,27,31)/t16-,17+/m0/s1. The van der Waals surface area contributed by atoms with Gasteiger partial charge in [0, 0.05) is 17.1 Å². The molecule has 0 aliphatic heterocycles. The van der Waals surface area contributed by atoms with Crippen LogP contribution in [0.4, 0.5) is 5.69 Å². The maximum absolute atomic E-state index is 13.5. The van der Waals surface area contributed by atoms with E-state index in [4.69, 9.17) is 16.3 Å². The molecule has 0 saturated carbocycles. The predicted molar refractivity (Wildman–Crippen MR) is 142 cm³/mol. The number of carbonyl (C=O) groups is 2. The van der Waals surface area contributed by atoms with Gasteiger partial charge in [0.1, 0.15) is 18.3 Å². The third-order valence-corrected chi connectivity index (χ3v) is 7.50. The van der Waals surface area contributed by atoms with Gasteiger partial charge in [0.2, 0.25) is 21.8 Å². The third kappa shape index (κ3) is 8.12. The fourth-order valence-corrected chi connectivity index (χ4v) is 4.62. The van der Waals surface area contributed by atoms with Gasteiger partial charge in [-0.3, -0.25) is 13.9 Å². The molecule has 2 amide bonds. The first-order chi connectivity index (χ1) is 16.4. The van der Waals surface area contributed by atoms with Gasteiger partial charge >= 0.3 is 0 Å². The van der Waals surface area contributed by atoms with Gasteiger partial charge in [-0.25, -0.2) is 8.42 Å². The van der Waals surface area contributed by atoms with E-state index < -0.39 is 28.5 Å². The SMILES string of the molecule is CC[C@H](C)NC(=O)[C@@H](C)N(Cc1ccc(Br)cc1)C(=O)CN(c1ccc(OC)c(Cl)c1)S(C)(=O)=O. The van der Waals surface area contributed by atoms with E-state index in [2.05, 4.69) is 21.2 Å². The number of amides is 2. The zero-order valence-electron chi connectivity index (χ0n) is 20.4. The second-order valence-corrected chi connectivity index (χ2v) is 11.5. The van der Waals surface area contributed by atoms with E-state index in [0.717, 1.165) is 27.0 Å². The normalized spacial score (nSPS) is 13.0. The predicted octanol–water partition coefficient (Wildman–Crippen LogP) is 4.21. The average molecular weight is 589 g/mol. The molecule has 2 rings (SSSR count). The van der Waals surface area contributed by atoms with Crippen molar-refractivity contribution in [2.24, 2.45) is 0 Å². The van der Waals surface area contributed by atoms with Crippen LogP contribution in [0.5, 0.6) is 5.75 Å². The molecule has 0 unspecified atom stereocenters. The quantitative estimate of drug-likeness (QED) is 0.424. The van der Waals surface area contributed by atoms with Crippen molar-refractivity contribution in [3.8, 4) is 5.75 Å². The molecule has 0 aromatic heterocycles. The summed E-state index contributed by atoms with van der Waals surface area (Å²) in [5.74, 6) is -0.470. The lowest BCUT2D eigenvalue weighted by Crippen LogP contribution is -2.52. The van der Waals surface area contributed by atoms with Crippen LogP contribution in [0.3, 0.4) is 0 Å². The number of anilines is 1. The van der Waals surface area contributed by atoms with E-state index >= 15 is 0 Å². The first-order valence-electron chi connectivity index (χ1n) is 11.0. The summed E-state index contributed by atoms with van der Waals surface area (Å²) in [6.45, 7) is 5.08. The number of methoxy groups -OCH3 is 1. The third-order valence-electron chi connectivity index (χ3n) is 5.54. The van der Waals surface area contributed by atoms with Gasteiger partial charge in [0.15, 0.2) is 0 Å². The van der Waals surface area contributed by atoms with Gasteiger partial charge in [-0.1, -0.05) is 46.6 Å². The summed E-state index contributed by atoms with van der Waals surface area (Å²) in [6, 6.07) is 10.9. The van der Waals surface area contributed by atoms with E-state index in [0.29, 0.717) is 5.75 Å². The molecule has 35 heavy (non-hydrogen) atoms. The lowest BCUT2D eigenvalue weighted by atomic mass is 10.1. The van der Waals surface area contributed by atoms with Crippen molar-refractivity contribution in [2.75, 3.05) is 24.2 Å². The molecular weight excluding hydrogens is 558 g/mol. The molecule has 0 bridgehead atoms. The van der Waals surface area contributed by atoms with E-state index in [1.165, 1.54) is 30.2 Å². The van der Waals surface area contributed by atoms with Gasteiger partial charge in [-0.2, -0.15) is 0 Å². The molecule has 1 N–H and O–H groups in total. The van der Waals surface area contributed by atoms with Gasteiger partial charge in [-0.05, 0) is 56.2 Å². The molecule has 0 aliphatic rings. The Kier molecular flexibility index (Phi) is 10.4. The molecule has 2 atom stereocenters. The highest BCUT2D eigenvalue weighted by atomic mass is 79.9. The Morgan fingerprint density at radius 2 is 1.77 bits per heavy atom. The summed E-state index contributed by atoms with van der Waals surface area (Å²) in [5, 5.41) is 3.10. The van der Waals surface area contributed by atoms with Crippen LogP contribution in [0, 0.1) is 0 Å². The number of nitrogens with zero attached hydrogens (tertiary/aromatic N) is 2. The number of carbonyl (C=O) groups excluding carboxylic acids is 2. The Hall–Kier alpha value is -2.30. The number of halogens is 2. The number of nitrogens with one attached hydrogen (secondary N) is 1. The van der Waals surface area contributed by atoms with Crippen molar-refractivity contribution in [2.45, 2.75) is 45.8 Å². The highest BCUT2D eigenvalue weighted by Crippen LogP contribution is 2.30. The molecule has 8 nitrogen and oxygen atoms in total. The van der Waals surface area contributed by atoms with Crippen molar-refractivity contribution in [1.82, 2.24) is 10.2 Å². The molecular formula is C24H31BrClN3O5S. The Bertz CT molecular complexity index is 1140. The zero-order valence-corrected chi connectivity index (χ0v) is 23.6. The van der Waals surface area contributed by atoms with Gasteiger partial charge in [-0.15, -0.1) is 0 Å². The molecule has 0 fully saturated rings. The second kappa shape index (κ2) is 12.6. The topological polar surface area (TPSA) is 96.0 Å². The fourth-order valence-electron chi connectivity index (χ4n) is 3.26. The Labute approximate surface area is 220 Å². The minimum absolute atomic E-state index is 0.0662. The summed E-state index contributed by atoms with van der Waals surface area (Å²) < 4.78 is 32.3. The number of benzene rings is 2. The molecule has 2 aromatic rings. The van der Waals surface area contributed by atoms with Crippen molar-refractivity contribution in [1.29, 1.82) is 0 Å². The van der Waals surface area contributed by atoms with Crippen molar-refractivity contribution in [3.05, 3.63) is 57.5 Å². The maximum Gasteiger partial charge on any atom is 0.244 e. The monoisotopic (exact) mass is 587 g/mol. The Morgan fingerprint density at radius 3 is 2.29 bits per heavy atom. The van der Waals surface area contributed by atoms with E-state index in [-0.39, 0.29) is 29.2 Å². The van der Waals surface area contributed by atoms with Gasteiger partial charge in [0.25, 0.3) is 0 Å². The minimum atomic E-state index is -3.85. The molecule has 11 heteroatoms. The average Bonchev–Trinajstić information content (AvgIpc) is 2.80. The molecule has 0 heterocycles. The molecule has 2 aromatic carbocycles. The Balaban J connectivity index is 2.40. The van der Waals surface area contributed by atoms with E-state index in [1.54, 1.807) is 6.92 Å². The van der Waals surface area contributed by atoms with Crippen molar-refractivity contribution >= 4 is 55.1 Å². The number of hydrogen-bond donors (Lipinski definition) is 1. The van der Waals surface area contributed by atoms with E-state index in [9.17, 15) is 18.0 Å². The van der Waals surface area contributed by atoms with E-state index in [1.807, 2.05) is 38.1 Å². The lowest BCUT2D eigenvalue weighted by Gasteiger charge is -2.32. The maximum atomic E-state index is 13.5. The van der Waals surface area contributed by atoms with Gasteiger partial charge < -0.3 is 15.0 Å². The number of sulfonamides is 1. The molecule has 0 saturated heterocycles. The van der Waals surface area contributed by atoms with Crippen LogP contribution in [0.25, 0.3) is 0 Å². The second-order valence-electron chi connectivity index (χ2n) is 8.23. The summed E-state index contributed by atoms with van der Waals surface area (Å²) in [7, 11) is -2.40. The van der Waals surface area contributed by atoms with Gasteiger partial charge in [0.05, 0.1) is 24.1 Å².